The van der Waals surface area contributed by atoms with Crippen molar-refractivity contribution in [2.45, 2.75) is 39.2 Å². The lowest BCUT2D eigenvalue weighted by Gasteiger charge is -2.19. The van der Waals surface area contributed by atoms with E-state index in [1.165, 1.54) is 0 Å². The molecule has 0 N–H and O–H groups in total. The maximum Gasteiger partial charge on any atom is 0.242 e. The summed E-state index contributed by atoms with van der Waals surface area (Å²) < 4.78 is 13.4. The van der Waals surface area contributed by atoms with E-state index in [1.54, 1.807) is 0 Å². The molecule has 24 heavy (non-hydrogen) atoms. The second-order valence-corrected chi connectivity index (χ2v) is 6.78. The molecule has 1 amide bonds. The van der Waals surface area contributed by atoms with Crippen LogP contribution in [-0.2, 0) is 11.3 Å². The number of ether oxygens (including phenoxy) is 2. The van der Waals surface area contributed by atoms with E-state index in [2.05, 4.69) is 13.8 Å². The number of carbonyl (C=O) groups excluding carboxylic acids is 1. The molecule has 0 saturated carbocycles. The molecule has 0 unspecified atom stereocenters. The van der Waals surface area contributed by atoms with Crippen molar-refractivity contribution in [1.29, 1.82) is 0 Å². The number of nitrogens with zero attached hydrogens (tertiary/aromatic N) is 3. The van der Waals surface area contributed by atoms with E-state index >= 15 is 0 Å². The van der Waals surface area contributed by atoms with Crippen LogP contribution in [0.1, 0.15) is 38.4 Å². The summed E-state index contributed by atoms with van der Waals surface area (Å²) >= 11 is 0. The predicted molar refractivity (Wildman–Crippen MR) is 90.6 cm³/mol. The zero-order chi connectivity index (χ0) is 16.7. The topological polar surface area (TPSA) is 56.6 Å². The predicted octanol–water partition coefficient (Wildman–Crippen LogP) is 2.55. The van der Waals surface area contributed by atoms with E-state index in [0.29, 0.717) is 19.8 Å². The van der Waals surface area contributed by atoms with Crippen LogP contribution in [0.3, 0.4) is 0 Å². The fraction of sp³-hybridized carbons (Fsp3) is 0.556. The van der Waals surface area contributed by atoms with Gasteiger partial charge in [-0.25, -0.2) is 4.98 Å². The van der Waals surface area contributed by atoms with E-state index in [1.807, 2.05) is 21.6 Å². The first-order valence-corrected chi connectivity index (χ1v) is 8.71. The van der Waals surface area contributed by atoms with Gasteiger partial charge >= 0.3 is 0 Å². The Morgan fingerprint density at radius 2 is 1.83 bits per heavy atom. The molecule has 0 spiro atoms. The number of hydrogen-bond donors (Lipinski definition) is 0. The third-order valence-electron chi connectivity index (χ3n) is 4.71. The summed E-state index contributed by atoms with van der Waals surface area (Å²) in [7, 11) is 0. The van der Waals surface area contributed by atoms with Crippen LogP contribution in [0.25, 0.3) is 11.0 Å². The van der Waals surface area contributed by atoms with E-state index in [-0.39, 0.29) is 11.8 Å². The van der Waals surface area contributed by atoms with Gasteiger partial charge in [0.15, 0.2) is 11.5 Å². The number of likely N-dealkylation sites (tertiary alicyclic amines) is 1. The van der Waals surface area contributed by atoms with Crippen LogP contribution in [0.2, 0.25) is 0 Å². The highest BCUT2D eigenvalue weighted by Gasteiger charge is 2.23. The van der Waals surface area contributed by atoms with E-state index < -0.39 is 0 Å². The molecule has 128 valence electrons. The molecule has 1 aromatic carbocycles. The summed E-state index contributed by atoms with van der Waals surface area (Å²) in [5.74, 6) is 2.81. The summed E-state index contributed by atoms with van der Waals surface area (Å²) in [6.45, 7) is 7.39. The van der Waals surface area contributed by atoms with Crippen LogP contribution in [0, 0.1) is 0 Å². The van der Waals surface area contributed by atoms with Gasteiger partial charge in [0.25, 0.3) is 0 Å². The van der Waals surface area contributed by atoms with Crippen LogP contribution >= 0.6 is 0 Å². The van der Waals surface area contributed by atoms with Crippen molar-refractivity contribution in [2.75, 3.05) is 26.3 Å². The Hall–Kier alpha value is -2.24. The number of imidazole rings is 1. The molecule has 1 fully saturated rings. The van der Waals surface area contributed by atoms with Crippen LogP contribution in [0.5, 0.6) is 11.5 Å². The molecule has 0 atom stereocenters. The van der Waals surface area contributed by atoms with Crippen molar-refractivity contribution in [3.05, 3.63) is 18.0 Å². The van der Waals surface area contributed by atoms with Crippen molar-refractivity contribution in [2.24, 2.45) is 0 Å². The lowest BCUT2D eigenvalue weighted by atomic mass is 10.2. The molecular weight excluding hydrogens is 306 g/mol. The molecule has 3 heterocycles. The van der Waals surface area contributed by atoms with Gasteiger partial charge < -0.3 is 18.9 Å². The molecular formula is C18H23N3O3. The zero-order valence-electron chi connectivity index (χ0n) is 14.2. The summed E-state index contributed by atoms with van der Waals surface area (Å²) in [6.07, 6.45) is 2.21. The van der Waals surface area contributed by atoms with Gasteiger partial charge in [-0.3, -0.25) is 4.79 Å². The maximum absolute atomic E-state index is 12.6. The first kappa shape index (κ1) is 15.3. The molecule has 2 aromatic rings. The monoisotopic (exact) mass is 329 g/mol. The van der Waals surface area contributed by atoms with Crippen LogP contribution in [-0.4, -0.2) is 46.7 Å². The highest BCUT2D eigenvalue weighted by molar-refractivity contribution is 5.84. The number of benzene rings is 1. The Morgan fingerprint density at radius 3 is 2.50 bits per heavy atom. The average molecular weight is 329 g/mol. The SMILES string of the molecule is CC(C)c1nc2cc3c(cc2n1CC(=O)N1CCCC1)OCCO3. The van der Waals surface area contributed by atoms with Gasteiger partial charge in [-0.15, -0.1) is 0 Å². The second kappa shape index (κ2) is 6.00. The van der Waals surface area contributed by atoms with Crippen LogP contribution < -0.4 is 9.47 Å². The minimum atomic E-state index is 0.170. The lowest BCUT2D eigenvalue weighted by molar-refractivity contribution is -0.130. The number of aromatic nitrogens is 2. The molecule has 4 rings (SSSR count). The Kier molecular flexibility index (Phi) is 3.82. The second-order valence-electron chi connectivity index (χ2n) is 6.78. The largest absolute Gasteiger partial charge is 0.486 e. The Morgan fingerprint density at radius 1 is 1.17 bits per heavy atom. The van der Waals surface area contributed by atoms with Gasteiger partial charge in [-0.2, -0.15) is 0 Å². The first-order valence-electron chi connectivity index (χ1n) is 8.71. The molecule has 6 heteroatoms. The number of fused-ring (bicyclic) bond motifs is 2. The third-order valence-corrected chi connectivity index (χ3v) is 4.71. The summed E-state index contributed by atoms with van der Waals surface area (Å²) in [5, 5.41) is 0. The molecule has 6 nitrogen and oxygen atoms in total. The minimum absolute atomic E-state index is 0.170. The highest BCUT2D eigenvalue weighted by atomic mass is 16.6. The Labute approximate surface area is 141 Å². The van der Waals surface area contributed by atoms with Gasteiger partial charge in [0.1, 0.15) is 25.6 Å². The fourth-order valence-corrected chi connectivity index (χ4v) is 3.49. The van der Waals surface area contributed by atoms with Gasteiger partial charge in [0, 0.05) is 31.1 Å². The van der Waals surface area contributed by atoms with E-state index in [9.17, 15) is 4.79 Å². The number of amides is 1. The molecule has 0 radical (unpaired) electrons. The standard InChI is InChI=1S/C18H23N3O3/c1-12(2)18-19-13-9-15-16(24-8-7-23-15)10-14(13)21(18)11-17(22)20-5-3-4-6-20/h9-10,12H,3-8,11H2,1-2H3. The van der Waals surface area contributed by atoms with Crippen LogP contribution in [0.15, 0.2) is 12.1 Å². The Bertz CT molecular complexity index is 775. The van der Waals surface area contributed by atoms with Crippen molar-refractivity contribution in [3.8, 4) is 11.5 Å². The van der Waals surface area contributed by atoms with Crippen LogP contribution in [0.4, 0.5) is 0 Å². The highest BCUT2D eigenvalue weighted by Crippen LogP contribution is 2.35. The zero-order valence-corrected chi connectivity index (χ0v) is 14.2. The fourth-order valence-electron chi connectivity index (χ4n) is 3.49. The first-order chi connectivity index (χ1) is 11.6. The number of rotatable bonds is 3. The number of hydrogen-bond acceptors (Lipinski definition) is 4. The van der Waals surface area contributed by atoms with Crippen molar-refractivity contribution < 1.29 is 14.3 Å². The normalized spacial score (nSPS) is 17.0. The molecule has 0 bridgehead atoms. The lowest BCUT2D eigenvalue weighted by Crippen LogP contribution is -2.31. The third kappa shape index (κ3) is 2.60. The van der Waals surface area contributed by atoms with Gasteiger partial charge in [-0.1, -0.05) is 13.8 Å². The summed E-state index contributed by atoms with van der Waals surface area (Å²) in [4.78, 5) is 19.4. The van der Waals surface area contributed by atoms with Crippen molar-refractivity contribution >= 4 is 16.9 Å². The average Bonchev–Trinajstić information content (AvgIpc) is 3.21. The minimum Gasteiger partial charge on any atom is -0.486 e. The van der Waals surface area contributed by atoms with Crippen molar-refractivity contribution in [3.63, 3.8) is 0 Å². The quantitative estimate of drug-likeness (QED) is 0.868. The van der Waals surface area contributed by atoms with Crippen molar-refractivity contribution in [1.82, 2.24) is 14.5 Å². The Balaban J connectivity index is 1.76. The summed E-state index contributed by atoms with van der Waals surface area (Å²) in [6, 6.07) is 3.88. The van der Waals surface area contributed by atoms with Gasteiger partial charge in [0.05, 0.1) is 11.0 Å². The summed E-state index contributed by atoms with van der Waals surface area (Å²) in [5.41, 5.74) is 1.80. The smallest absolute Gasteiger partial charge is 0.242 e. The van der Waals surface area contributed by atoms with E-state index in [4.69, 9.17) is 14.5 Å². The molecule has 0 aliphatic carbocycles. The maximum atomic E-state index is 12.6. The molecule has 1 saturated heterocycles. The van der Waals surface area contributed by atoms with Gasteiger partial charge in [0.2, 0.25) is 5.91 Å². The van der Waals surface area contributed by atoms with E-state index in [0.717, 1.165) is 54.3 Å². The molecule has 2 aliphatic heterocycles. The molecule has 2 aliphatic rings. The van der Waals surface area contributed by atoms with Gasteiger partial charge in [-0.05, 0) is 12.8 Å². The number of carbonyl (C=O) groups is 1. The molecule has 1 aromatic heterocycles.